The molecule has 184 valence electrons. The second-order valence-corrected chi connectivity index (χ2v) is 10.4. The Kier molecular flexibility index (Phi) is 6.10. The molecule has 2 aromatic carbocycles. The number of hydrogen-bond donors (Lipinski definition) is 3. The third-order valence-electron chi connectivity index (χ3n) is 6.67. The molecule has 36 heavy (non-hydrogen) atoms. The first-order chi connectivity index (χ1) is 17.2. The van der Waals surface area contributed by atoms with E-state index in [1.165, 1.54) is 5.56 Å². The van der Waals surface area contributed by atoms with Gasteiger partial charge in [-0.05, 0) is 52.8 Å². The Bertz CT molecular complexity index is 1460. The summed E-state index contributed by atoms with van der Waals surface area (Å²) >= 11 is 0. The van der Waals surface area contributed by atoms with Crippen LogP contribution in [0.25, 0.3) is 27.9 Å². The minimum absolute atomic E-state index is 0.0632. The molecule has 2 aromatic heterocycles. The van der Waals surface area contributed by atoms with Crippen molar-refractivity contribution in [3.8, 4) is 11.1 Å². The summed E-state index contributed by atoms with van der Waals surface area (Å²) in [5.41, 5.74) is 12.2. The molecule has 0 spiro atoms. The summed E-state index contributed by atoms with van der Waals surface area (Å²) in [6.45, 7) is 9.78. The topological polar surface area (TPSA) is 85.9 Å². The molecule has 0 saturated heterocycles. The van der Waals surface area contributed by atoms with Crippen molar-refractivity contribution in [3.05, 3.63) is 89.0 Å². The highest BCUT2D eigenvalue weighted by Gasteiger charge is 2.17. The molecule has 3 heterocycles. The number of nitrogens with one attached hydrogen (secondary N) is 3. The maximum Gasteiger partial charge on any atom is 0.251 e. The number of benzene rings is 2. The first-order valence-electron chi connectivity index (χ1n) is 12.2. The highest BCUT2D eigenvalue weighted by Crippen LogP contribution is 2.29. The first kappa shape index (κ1) is 23.8. The Morgan fingerprint density at radius 3 is 2.56 bits per heavy atom. The largest absolute Gasteiger partial charge is 0.348 e. The van der Waals surface area contributed by atoms with Crippen LogP contribution in [0.2, 0.25) is 0 Å². The lowest BCUT2D eigenvalue weighted by Crippen LogP contribution is -2.23. The molecule has 0 unspecified atom stereocenters. The summed E-state index contributed by atoms with van der Waals surface area (Å²) in [6.07, 6.45) is 3.83. The molecule has 0 aliphatic carbocycles. The lowest BCUT2D eigenvalue weighted by atomic mass is 9.87. The van der Waals surface area contributed by atoms with Crippen LogP contribution in [0.4, 0.5) is 0 Å². The zero-order valence-electron chi connectivity index (χ0n) is 21.4. The molecular weight excluding hydrogens is 448 g/mol. The van der Waals surface area contributed by atoms with Gasteiger partial charge in [0.2, 0.25) is 0 Å². The second-order valence-electron chi connectivity index (χ2n) is 10.4. The fourth-order valence-electron chi connectivity index (χ4n) is 4.44. The standard InChI is InChI=1S/C29H32N6O/c1-18-14-20(24-12-13-30-27-25(24)33-26(34-27)22-16-32-35(5)17-22)6-7-21(18)15-31-28(36)19-8-10-23(11-9-19)29(2,3)4/h6-14,17,32H,15-16H2,1-5H3,(H,31,36)(H,30,33,34). The van der Waals surface area contributed by atoms with Crippen molar-refractivity contribution >= 4 is 22.6 Å². The number of hydrogen-bond acceptors (Lipinski definition) is 5. The molecule has 3 N–H and O–H groups in total. The van der Waals surface area contributed by atoms with Gasteiger partial charge >= 0.3 is 0 Å². The average molecular weight is 481 g/mol. The number of H-pyrrole nitrogens is 1. The Hall–Kier alpha value is -3.97. The number of aromatic nitrogens is 3. The minimum atomic E-state index is -0.0684. The zero-order chi connectivity index (χ0) is 25.4. The fraction of sp³-hybridized carbons (Fsp3) is 0.276. The molecule has 1 amide bonds. The van der Waals surface area contributed by atoms with Gasteiger partial charge in [-0.1, -0.05) is 51.1 Å². The van der Waals surface area contributed by atoms with Crippen molar-refractivity contribution in [3.63, 3.8) is 0 Å². The van der Waals surface area contributed by atoms with Crippen molar-refractivity contribution in [1.29, 1.82) is 0 Å². The van der Waals surface area contributed by atoms with Gasteiger partial charge in [0.05, 0.1) is 5.52 Å². The number of aromatic amines is 1. The van der Waals surface area contributed by atoms with Gasteiger partial charge in [-0.3, -0.25) is 4.79 Å². The predicted molar refractivity (Wildman–Crippen MR) is 144 cm³/mol. The van der Waals surface area contributed by atoms with Crippen molar-refractivity contribution in [1.82, 2.24) is 30.7 Å². The monoisotopic (exact) mass is 480 g/mol. The van der Waals surface area contributed by atoms with Gasteiger partial charge < -0.3 is 15.3 Å². The van der Waals surface area contributed by atoms with Crippen LogP contribution in [-0.4, -0.2) is 39.5 Å². The van der Waals surface area contributed by atoms with Crippen LogP contribution in [0.15, 0.2) is 60.9 Å². The van der Waals surface area contributed by atoms with Crippen LogP contribution in [0.1, 0.15) is 53.6 Å². The van der Waals surface area contributed by atoms with Crippen LogP contribution in [0.3, 0.4) is 0 Å². The number of carbonyl (C=O) groups is 1. The summed E-state index contributed by atoms with van der Waals surface area (Å²) in [6, 6.07) is 16.2. The highest BCUT2D eigenvalue weighted by molar-refractivity contribution is 5.94. The van der Waals surface area contributed by atoms with E-state index in [0.29, 0.717) is 17.8 Å². The van der Waals surface area contributed by atoms with Crippen molar-refractivity contribution < 1.29 is 4.79 Å². The Labute approximate surface area is 211 Å². The van der Waals surface area contributed by atoms with E-state index < -0.39 is 0 Å². The SMILES string of the molecule is Cc1cc(-c2ccnc3nc(C4=CN(C)NC4)[nH]c23)ccc1CNC(=O)c1ccc(C(C)(C)C)cc1. The van der Waals surface area contributed by atoms with E-state index in [4.69, 9.17) is 4.98 Å². The Balaban J connectivity index is 1.33. The number of amides is 1. The number of rotatable bonds is 5. The summed E-state index contributed by atoms with van der Waals surface area (Å²) < 4.78 is 0. The van der Waals surface area contributed by atoms with Crippen molar-refractivity contribution in [2.75, 3.05) is 13.6 Å². The molecule has 7 nitrogen and oxygen atoms in total. The third-order valence-corrected chi connectivity index (χ3v) is 6.67. The number of fused-ring (bicyclic) bond motifs is 1. The van der Waals surface area contributed by atoms with Gasteiger partial charge in [0.15, 0.2) is 5.65 Å². The molecule has 0 fully saturated rings. The molecule has 0 bridgehead atoms. The Morgan fingerprint density at radius 1 is 1.11 bits per heavy atom. The number of hydrazine groups is 1. The number of imidazole rings is 1. The molecule has 4 aromatic rings. The molecule has 7 heteroatoms. The van der Waals surface area contributed by atoms with E-state index in [0.717, 1.165) is 45.7 Å². The van der Waals surface area contributed by atoms with E-state index in [2.05, 4.69) is 66.6 Å². The van der Waals surface area contributed by atoms with Crippen LogP contribution in [0.5, 0.6) is 0 Å². The fourth-order valence-corrected chi connectivity index (χ4v) is 4.44. The summed E-state index contributed by atoms with van der Waals surface area (Å²) in [4.78, 5) is 25.3. The molecule has 5 rings (SSSR count). The van der Waals surface area contributed by atoms with E-state index in [9.17, 15) is 4.79 Å². The van der Waals surface area contributed by atoms with E-state index in [-0.39, 0.29) is 11.3 Å². The highest BCUT2D eigenvalue weighted by atomic mass is 16.1. The van der Waals surface area contributed by atoms with Crippen LogP contribution >= 0.6 is 0 Å². The van der Waals surface area contributed by atoms with Gasteiger partial charge in [0.25, 0.3) is 5.91 Å². The normalized spacial score (nSPS) is 13.8. The van der Waals surface area contributed by atoms with Gasteiger partial charge in [-0.15, -0.1) is 0 Å². The molecular formula is C29H32N6O. The van der Waals surface area contributed by atoms with Crippen LogP contribution in [0, 0.1) is 6.92 Å². The number of nitrogens with zero attached hydrogens (tertiary/aromatic N) is 3. The number of carbonyl (C=O) groups excluding carboxylic acids is 1. The molecule has 0 saturated carbocycles. The first-order valence-corrected chi connectivity index (χ1v) is 12.2. The van der Waals surface area contributed by atoms with E-state index in [1.54, 1.807) is 6.20 Å². The maximum absolute atomic E-state index is 12.7. The summed E-state index contributed by atoms with van der Waals surface area (Å²) in [5, 5.41) is 4.99. The van der Waals surface area contributed by atoms with Gasteiger partial charge in [0.1, 0.15) is 5.82 Å². The van der Waals surface area contributed by atoms with Crippen LogP contribution < -0.4 is 10.7 Å². The lowest BCUT2D eigenvalue weighted by molar-refractivity contribution is 0.0951. The summed E-state index contributed by atoms with van der Waals surface area (Å²) in [5.74, 6) is 0.759. The molecule has 0 radical (unpaired) electrons. The molecule has 1 aliphatic rings. The minimum Gasteiger partial charge on any atom is -0.348 e. The van der Waals surface area contributed by atoms with Gasteiger partial charge in [-0.25, -0.2) is 15.4 Å². The predicted octanol–water partition coefficient (Wildman–Crippen LogP) is 4.95. The quantitative estimate of drug-likeness (QED) is 0.376. The van der Waals surface area contributed by atoms with Crippen molar-refractivity contribution in [2.45, 2.75) is 39.7 Å². The summed E-state index contributed by atoms with van der Waals surface area (Å²) in [7, 11) is 1.97. The zero-order valence-corrected chi connectivity index (χ0v) is 21.4. The number of aryl methyl sites for hydroxylation is 1. The molecule has 1 aliphatic heterocycles. The number of pyridine rings is 1. The van der Waals surface area contributed by atoms with Crippen LogP contribution in [-0.2, 0) is 12.0 Å². The molecule has 0 atom stereocenters. The van der Waals surface area contributed by atoms with Crippen molar-refractivity contribution in [2.24, 2.45) is 0 Å². The van der Waals surface area contributed by atoms with Gasteiger partial charge in [0, 0.05) is 49.2 Å². The third kappa shape index (κ3) is 4.75. The second kappa shape index (κ2) is 9.24. The Morgan fingerprint density at radius 2 is 1.89 bits per heavy atom. The smallest absolute Gasteiger partial charge is 0.251 e. The average Bonchev–Trinajstić information content (AvgIpc) is 3.48. The maximum atomic E-state index is 12.7. The van der Waals surface area contributed by atoms with E-state index >= 15 is 0 Å². The lowest BCUT2D eigenvalue weighted by Gasteiger charge is -2.19. The van der Waals surface area contributed by atoms with E-state index in [1.807, 2.05) is 48.6 Å². The van der Waals surface area contributed by atoms with Gasteiger partial charge in [-0.2, -0.15) is 0 Å².